The second kappa shape index (κ2) is 10.3. The van der Waals surface area contributed by atoms with E-state index in [2.05, 4.69) is 39.2 Å². The fourth-order valence-corrected chi connectivity index (χ4v) is 5.66. The van der Waals surface area contributed by atoms with Gasteiger partial charge in [-0.3, -0.25) is 14.5 Å². The van der Waals surface area contributed by atoms with Crippen molar-refractivity contribution in [3.8, 4) is 11.5 Å². The molecular weight excluding hydrogens is 462 g/mol. The van der Waals surface area contributed by atoms with Gasteiger partial charge in [0.05, 0.1) is 6.54 Å². The number of carbonyl (C=O) groups is 2. The van der Waals surface area contributed by atoms with Crippen LogP contribution in [-0.2, 0) is 17.8 Å². The summed E-state index contributed by atoms with van der Waals surface area (Å²) in [6.45, 7) is 7.08. The van der Waals surface area contributed by atoms with E-state index < -0.39 is 0 Å². The van der Waals surface area contributed by atoms with Crippen molar-refractivity contribution in [3.05, 3.63) is 63.6 Å². The van der Waals surface area contributed by atoms with E-state index in [1.807, 2.05) is 25.1 Å². The van der Waals surface area contributed by atoms with Crippen LogP contribution in [0.1, 0.15) is 39.5 Å². The first kappa shape index (κ1) is 23.6. The van der Waals surface area contributed by atoms with Crippen molar-refractivity contribution in [3.63, 3.8) is 0 Å². The van der Waals surface area contributed by atoms with Crippen LogP contribution >= 0.6 is 11.3 Å². The minimum Gasteiger partial charge on any atom is -0.454 e. The number of fused-ring (bicyclic) bond motifs is 1. The fourth-order valence-electron chi connectivity index (χ4n) is 4.96. The zero-order chi connectivity index (χ0) is 24.4. The van der Waals surface area contributed by atoms with Gasteiger partial charge in [-0.25, -0.2) is 0 Å². The molecule has 0 atom stereocenters. The summed E-state index contributed by atoms with van der Waals surface area (Å²) in [5, 5.41) is 5.10. The van der Waals surface area contributed by atoms with Crippen LogP contribution in [0.2, 0.25) is 0 Å². The van der Waals surface area contributed by atoms with Crippen molar-refractivity contribution < 1.29 is 19.1 Å². The molecule has 1 N–H and O–H groups in total. The number of hydrogen-bond acceptors (Lipinski definition) is 6. The highest BCUT2D eigenvalue weighted by Gasteiger charge is 2.27. The third-order valence-electron chi connectivity index (χ3n) is 7.00. The zero-order valence-corrected chi connectivity index (χ0v) is 21.0. The molecule has 1 aromatic carbocycles. The smallest absolute Gasteiger partial charge is 0.231 e. The number of piperidine rings is 1. The summed E-state index contributed by atoms with van der Waals surface area (Å²) in [7, 11) is 0. The quantitative estimate of drug-likeness (QED) is 0.462. The average Bonchev–Trinajstić information content (AvgIpc) is 3.59. The number of amides is 1. The molecule has 1 fully saturated rings. The number of nitrogens with one attached hydrogen (secondary N) is 1. The van der Waals surface area contributed by atoms with Gasteiger partial charge < -0.3 is 19.4 Å². The lowest BCUT2D eigenvalue weighted by Gasteiger charge is -2.30. The fraction of sp³-hybridized carbons (Fsp3) is 0.407. The monoisotopic (exact) mass is 493 g/mol. The normalized spacial score (nSPS) is 15.9. The molecule has 0 bridgehead atoms. The molecular formula is C27H31N3O4S. The number of thiophene rings is 1. The number of hydrogen-bond donors (Lipinski definition) is 1. The molecule has 0 radical (unpaired) electrons. The third-order valence-corrected chi connectivity index (χ3v) is 7.94. The van der Waals surface area contributed by atoms with E-state index in [0.717, 1.165) is 55.8 Å². The Morgan fingerprint density at radius 2 is 1.89 bits per heavy atom. The largest absolute Gasteiger partial charge is 0.454 e. The van der Waals surface area contributed by atoms with Crippen molar-refractivity contribution >= 4 is 28.7 Å². The lowest BCUT2D eigenvalue weighted by atomic mass is 9.95. The molecule has 3 aromatic rings. The Labute approximate surface area is 209 Å². The first-order valence-corrected chi connectivity index (χ1v) is 13.0. The number of ketones is 1. The molecule has 0 spiro atoms. The molecule has 0 saturated carbocycles. The van der Waals surface area contributed by atoms with E-state index >= 15 is 0 Å². The molecule has 7 nitrogen and oxygen atoms in total. The molecule has 0 aliphatic carbocycles. The minimum absolute atomic E-state index is 0.0177. The number of Topliss-reactive ketones (excluding diaryl/α,β-unsaturated/α-hetero) is 1. The molecule has 8 heteroatoms. The Hall–Kier alpha value is -3.10. The summed E-state index contributed by atoms with van der Waals surface area (Å²) in [4.78, 5) is 29.4. The number of benzene rings is 1. The Balaban J connectivity index is 1.12. The molecule has 0 unspecified atom stereocenters. The van der Waals surface area contributed by atoms with Crippen LogP contribution in [-0.4, -0.2) is 47.6 Å². The maximum Gasteiger partial charge on any atom is 0.231 e. The second-order valence-electron chi connectivity index (χ2n) is 9.30. The molecule has 2 aliphatic rings. The molecule has 2 aliphatic heterocycles. The van der Waals surface area contributed by atoms with E-state index in [0.29, 0.717) is 23.7 Å². The van der Waals surface area contributed by atoms with E-state index in [9.17, 15) is 9.59 Å². The Morgan fingerprint density at radius 1 is 1.09 bits per heavy atom. The van der Waals surface area contributed by atoms with Crippen molar-refractivity contribution in [2.75, 3.05) is 31.7 Å². The van der Waals surface area contributed by atoms with Gasteiger partial charge in [0.25, 0.3) is 0 Å². The van der Waals surface area contributed by atoms with Gasteiger partial charge in [0.15, 0.2) is 17.3 Å². The molecule has 1 amide bonds. The highest BCUT2D eigenvalue weighted by Crippen LogP contribution is 2.34. The van der Waals surface area contributed by atoms with E-state index in [-0.39, 0.29) is 24.4 Å². The first-order chi connectivity index (χ1) is 17.0. The van der Waals surface area contributed by atoms with Gasteiger partial charge in [-0.1, -0.05) is 6.07 Å². The van der Waals surface area contributed by atoms with Gasteiger partial charge in [0.1, 0.15) is 0 Å². The van der Waals surface area contributed by atoms with Gasteiger partial charge >= 0.3 is 0 Å². The predicted octanol–water partition coefficient (Wildman–Crippen LogP) is 4.67. The van der Waals surface area contributed by atoms with E-state index in [4.69, 9.17) is 9.47 Å². The van der Waals surface area contributed by atoms with Gasteiger partial charge in [-0.15, -0.1) is 11.3 Å². The molecule has 184 valence electrons. The maximum atomic E-state index is 13.1. The van der Waals surface area contributed by atoms with Crippen molar-refractivity contribution in [2.45, 2.75) is 39.7 Å². The number of aryl methyl sites for hydroxylation is 2. The summed E-state index contributed by atoms with van der Waals surface area (Å²) >= 11 is 1.77. The second-order valence-corrected chi connectivity index (χ2v) is 10.3. The SMILES string of the molecule is Cc1cc(C(=O)CN2CCC(C(=O)Nc3ccc4c(c3)OCO4)CC2)c(C)n1CCc1cccs1. The van der Waals surface area contributed by atoms with Crippen molar-refractivity contribution in [2.24, 2.45) is 5.92 Å². The van der Waals surface area contributed by atoms with E-state index in [1.54, 1.807) is 17.4 Å². The van der Waals surface area contributed by atoms with Crippen molar-refractivity contribution in [1.29, 1.82) is 0 Å². The minimum atomic E-state index is -0.0610. The average molecular weight is 494 g/mol. The number of anilines is 1. The summed E-state index contributed by atoms with van der Waals surface area (Å²) in [5.74, 6) is 1.47. The molecule has 35 heavy (non-hydrogen) atoms. The summed E-state index contributed by atoms with van der Waals surface area (Å²) in [6, 6.07) is 11.7. The van der Waals surface area contributed by atoms with Crippen LogP contribution in [0.15, 0.2) is 41.8 Å². The van der Waals surface area contributed by atoms with Crippen LogP contribution in [0.4, 0.5) is 5.69 Å². The van der Waals surface area contributed by atoms with Gasteiger partial charge in [0.2, 0.25) is 12.7 Å². The first-order valence-electron chi connectivity index (χ1n) is 12.1. The number of aromatic nitrogens is 1. The highest BCUT2D eigenvalue weighted by molar-refractivity contribution is 7.09. The van der Waals surface area contributed by atoms with Crippen LogP contribution in [0.5, 0.6) is 11.5 Å². The van der Waals surface area contributed by atoms with Crippen LogP contribution < -0.4 is 14.8 Å². The van der Waals surface area contributed by atoms with Crippen LogP contribution in [0.25, 0.3) is 0 Å². The lowest BCUT2D eigenvalue weighted by molar-refractivity contribution is -0.121. The lowest BCUT2D eigenvalue weighted by Crippen LogP contribution is -2.40. The standard InChI is InChI=1S/C27H31N3O4S/c1-18-14-23(19(2)30(18)12-9-22-4-3-13-35-22)24(31)16-29-10-7-20(8-11-29)27(32)28-21-5-6-25-26(15-21)34-17-33-25/h3-6,13-15,20H,7-12,16-17H2,1-2H3,(H,28,32). The Bertz CT molecular complexity index is 1210. The number of likely N-dealkylation sites (tertiary alicyclic amines) is 1. The Kier molecular flexibility index (Phi) is 6.92. The molecule has 5 rings (SSSR count). The number of rotatable bonds is 8. The molecule has 1 saturated heterocycles. The number of nitrogens with zero attached hydrogens (tertiary/aromatic N) is 2. The van der Waals surface area contributed by atoms with Crippen LogP contribution in [0.3, 0.4) is 0 Å². The van der Waals surface area contributed by atoms with Gasteiger partial charge in [-0.2, -0.15) is 0 Å². The predicted molar refractivity (Wildman–Crippen MR) is 137 cm³/mol. The summed E-state index contributed by atoms with van der Waals surface area (Å²) in [5.41, 5.74) is 3.70. The van der Waals surface area contributed by atoms with Gasteiger partial charge in [-0.05, 0) is 75.8 Å². The summed E-state index contributed by atoms with van der Waals surface area (Å²) < 4.78 is 13.0. The van der Waals surface area contributed by atoms with Crippen molar-refractivity contribution in [1.82, 2.24) is 9.47 Å². The maximum absolute atomic E-state index is 13.1. The van der Waals surface area contributed by atoms with Crippen LogP contribution in [0, 0.1) is 19.8 Å². The number of carbonyl (C=O) groups excluding carboxylic acids is 2. The van der Waals surface area contributed by atoms with Gasteiger partial charge in [0, 0.05) is 46.0 Å². The zero-order valence-electron chi connectivity index (χ0n) is 20.2. The highest BCUT2D eigenvalue weighted by atomic mass is 32.1. The third kappa shape index (κ3) is 5.28. The Morgan fingerprint density at radius 3 is 2.66 bits per heavy atom. The molecule has 2 aromatic heterocycles. The topological polar surface area (TPSA) is 72.8 Å². The number of ether oxygens (including phenoxy) is 2. The summed E-state index contributed by atoms with van der Waals surface area (Å²) in [6.07, 6.45) is 2.45. The molecule has 4 heterocycles. The van der Waals surface area contributed by atoms with E-state index in [1.165, 1.54) is 4.88 Å².